The van der Waals surface area contributed by atoms with Crippen LogP contribution in [0.2, 0.25) is 0 Å². The Kier molecular flexibility index (Phi) is 6.11. The number of carbonyl (C=O) groups excluding carboxylic acids is 1. The average Bonchev–Trinajstić information content (AvgIpc) is 3.37. The molecule has 3 rings (SSSR count). The Morgan fingerprint density at radius 2 is 1.85 bits per heavy atom. The molecule has 142 valence electrons. The van der Waals surface area contributed by atoms with Crippen LogP contribution in [0.1, 0.15) is 38.6 Å². The first kappa shape index (κ1) is 19.8. The maximum atomic E-state index is 13.0. The first-order valence-corrected chi connectivity index (χ1v) is 11.5. The molecule has 0 aliphatic heterocycles. The van der Waals surface area contributed by atoms with Gasteiger partial charge < -0.3 is 4.74 Å². The Morgan fingerprint density at radius 1 is 1.11 bits per heavy atom. The van der Waals surface area contributed by atoms with Crippen molar-refractivity contribution in [3.05, 3.63) is 74.1 Å². The summed E-state index contributed by atoms with van der Waals surface area (Å²) in [5.41, 5.74) is 2.02. The van der Waals surface area contributed by atoms with Crippen molar-refractivity contribution in [2.45, 2.75) is 24.3 Å². The summed E-state index contributed by atoms with van der Waals surface area (Å²) < 4.78 is 33.5. The summed E-state index contributed by atoms with van der Waals surface area (Å²) in [5.74, 6) is -0.662. The molecule has 27 heavy (non-hydrogen) atoms. The third kappa shape index (κ3) is 4.30. The maximum absolute atomic E-state index is 13.0. The van der Waals surface area contributed by atoms with Gasteiger partial charge in [-0.05, 0) is 40.4 Å². The number of sulfonamides is 1. The minimum atomic E-state index is -3.93. The van der Waals surface area contributed by atoms with E-state index >= 15 is 0 Å². The van der Waals surface area contributed by atoms with Gasteiger partial charge in [-0.1, -0.05) is 37.3 Å². The highest BCUT2D eigenvalue weighted by Crippen LogP contribution is 2.30. The quantitative estimate of drug-likeness (QED) is 0.580. The molecule has 0 fully saturated rings. The molecule has 3 aromatic rings. The van der Waals surface area contributed by atoms with E-state index < -0.39 is 22.0 Å². The van der Waals surface area contributed by atoms with Crippen molar-refractivity contribution in [2.75, 3.05) is 7.11 Å². The molecule has 1 aromatic carbocycles. The number of nitrogens with one attached hydrogen (secondary N) is 1. The van der Waals surface area contributed by atoms with Crippen LogP contribution in [0.4, 0.5) is 0 Å². The first-order chi connectivity index (χ1) is 13.0. The van der Waals surface area contributed by atoms with Crippen LogP contribution in [-0.4, -0.2) is 21.5 Å². The molecule has 2 aromatic heterocycles. The molecular weight excluding hydrogens is 402 g/mol. The number of esters is 1. The Balaban J connectivity index is 1.99. The predicted molar refractivity (Wildman–Crippen MR) is 108 cm³/mol. The van der Waals surface area contributed by atoms with Crippen LogP contribution in [-0.2, 0) is 21.2 Å². The lowest BCUT2D eigenvalue weighted by atomic mass is 10.0. The molecule has 0 radical (unpaired) electrons. The maximum Gasteiger partial charge on any atom is 0.349 e. The number of benzene rings is 1. The molecule has 2 heterocycles. The second-order valence-electron chi connectivity index (χ2n) is 5.77. The second-order valence-corrected chi connectivity index (χ2v) is 9.35. The number of thiophene rings is 2. The molecule has 5 nitrogen and oxygen atoms in total. The van der Waals surface area contributed by atoms with Gasteiger partial charge in [-0.3, -0.25) is 0 Å². The van der Waals surface area contributed by atoms with Gasteiger partial charge in [0.1, 0.15) is 9.77 Å². The number of ether oxygens (including phenoxy) is 1. The van der Waals surface area contributed by atoms with Gasteiger partial charge in [-0.15, -0.1) is 22.7 Å². The molecule has 1 atom stereocenters. The van der Waals surface area contributed by atoms with Gasteiger partial charge in [0, 0.05) is 4.88 Å². The Bertz CT molecular complexity index is 1010. The molecule has 0 amide bonds. The van der Waals surface area contributed by atoms with Crippen molar-refractivity contribution >= 4 is 38.7 Å². The summed E-state index contributed by atoms with van der Waals surface area (Å²) in [6.45, 7) is 2.07. The summed E-state index contributed by atoms with van der Waals surface area (Å²) in [7, 11) is -2.69. The standard InChI is InChI=1S/C19H19NO4S3/c1-3-13-6-8-14(9-7-13)17(15-5-4-11-25-15)20-27(22,23)16-10-12-26-18(16)19(21)24-2/h4-12,17,20H,3H2,1-2H3/t17-/m0/s1. The zero-order valence-corrected chi connectivity index (χ0v) is 17.3. The number of carbonyl (C=O) groups is 1. The molecule has 0 aliphatic carbocycles. The van der Waals surface area contributed by atoms with Crippen molar-refractivity contribution in [1.82, 2.24) is 4.72 Å². The Labute approximate surface area is 166 Å². The van der Waals surface area contributed by atoms with Crippen LogP contribution in [0.25, 0.3) is 0 Å². The van der Waals surface area contributed by atoms with Crippen molar-refractivity contribution in [1.29, 1.82) is 0 Å². The molecule has 0 bridgehead atoms. The average molecular weight is 422 g/mol. The van der Waals surface area contributed by atoms with E-state index in [2.05, 4.69) is 11.6 Å². The number of hydrogen-bond acceptors (Lipinski definition) is 6. The van der Waals surface area contributed by atoms with E-state index in [4.69, 9.17) is 4.74 Å². The first-order valence-electron chi connectivity index (χ1n) is 8.26. The van der Waals surface area contributed by atoms with Crippen LogP contribution in [0, 0.1) is 0 Å². The zero-order valence-electron chi connectivity index (χ0n) is 14.8. The monoisotopic (exact) mass is 421 g/mol. The van der Waals surface area contributed by atoms with Gasteiger partial charge in [0.25, 0.3) is 0 Å². The van der Waals surface area contributed by atoms with Crippen LogP contribution in [0.5, 0.6) is 0 Å². The smallest absolute Gasteiger partial charge is 0.349 e. The van der Waals surface area contributed by atoms with E-state index in [0.29, 0.717) is 0 Å². The van der Waals surface area contributed by atoms with Gasteiger partial charge in [0.2, 0.25) is 10.0 Å². The van der Waals surface area contributed by atoms with Crippen molar-refractivity contribution in [3.63, 3.8) is 0 Å². The Hall–Kier alpha value is -2.00. The van der Waals surface area contributed by atoms with E-state index in [-0.39, 0.29) is 9.77 Å². The minimum Gasteiger partial charge on any atom is -0.465 e. The lowest BCUT2D eigenvalue weighted by Crippen LogP contribution is -2.29. The van der Waals surface area contributed by atoms with Crippen LogP contribution in [0.3, 0.4) is 0 Å². The topological polar surface area (TPSA) is 72.5 Å². The van der Waals surface area contributed by atoms with Gasteiger partial charge in [-0.25, -0.2) is 13.2 Å². The highest BCUT2D eigenvalue weighted by atomic mass is 32.2. The van der Waals surface area contributed by atoms with Crippen LogP contribution in [0.15, 0.2) is 58.1 Å². The zero-order chi connectivity index (χ0) is 19.4. The molecule has 0 saturated heterocycles. The fourth-order valence-electron chi connectivity index (χ4n) is 2.66. The van der Waals surface area contributed by atoms with Gasteiger partial charge in [0.05, 0.1) is 13.2 Å². The van der Waals surface area contributed by atoms with Crippen LogP contribution >= 0.6 is 22.7 Å². The fourth-order valence-corrected chi connectivity index (χ4v) is 6.08. The summed E-state index contributed by atoms with van der Waals surface area (Å²) in [4.78, 5) is 12.8. The summed E-state index contributed by atoms with van der Waals surface area (Å²) >= 11 is 2.52. The summed E-state index contributed by atoms with van der Waals surface area (Å²) in [6, 6.07) is 12.5. The van der Waals surface area contributed by atoms with Crippen molar-refractivity contribution < 1.29 is 17.9 Å². The predicted octanol–water partition coefficient (Wildman–Crippen LogP) is 4.23. The number of hydrogen-bond donors (Lipinski definition) is 1. The summed E-state index contributed by atoms with van der Waals surface area (Å²) in [5, 5.41) is 3.47. The lowest BCUT2D eigenvalue weighted by molar-refractivity contribution is 0.0602. The number of methoxy groups -OCH3 is 1. The van der Waals surface area contributed by atoms with Gasteiger partial charge in [-0.2, -0.15) is 4.72 Å². The normalized spacial score (nSPS) is 12.7. The SMILES string of the molecule is CCc1ccc([C@H](NS(=O)(=O)c2ccsc2C(=O)OC)c2cccs2)cc1. The molecule has 8 heteroatoms. The van der Waals surface area contributed by atoms with Crippen LogP contribution < -0.4 is 4.72 Å². The number of aryl methyl sites for hydroxylation is 1. The molecule has 0 saturated carbocycles. The van der Waals surface area contributed by atoms with E-state index in [1.807, 2.05) is 41.8 Å². The van der Waals surface area contributed by atoms with E-state index in [1.54, 1.807) is 5.38 Å². The fraction of sp³-hybridized carbons (Fsp3) is 0.211. The third-order valence-electron chi connectivity index (χ3n) is 4.11. The summed E-state index contributed by atoms with van der Waals surface area (Å²) in [6.07, 6.45) is 0.910. The molecule has 1 N–H and O–H groups in total. The third-order valence-corrected chi connectivity index (χ3v) is 7.54. The van der Waals surface area contributed by atoms with E-state index in [9.17, 15) is 13.2 Å². The molecule has 0 spiro atoms. The van der Waals surface area contributed by atoms with E-state index in [0.717, 1.165) is 28.2 Å². The van der Waals surface area contributed by atoms with E-state index in [1.165, 1.54) is 30.1 Å². The minimum absolute atomic E-state index is 0.0638. The Morgan fingerprint density at radius 3 is 2.44 bits per heavy atom. The number of rotatable bonds is 7. The molecular formula is C19H19NO4S3. The van der Waals surface area contributed by atoms with Gasteiger partial charge >= 0.3 is 5.97 Å². The lowest BCUT2D eigenvalue weighted by Gasteiger charge is -2.18. The highest BCUT2D eigenvalue weighted by molar-refractivity contribution is 7.89. The van der Waals surface area contributed by atoms with Crippen molar-refractivity contribution in [2.24, 2.45) is 0 Å². The molecule has 0 aliphatic rings. The largest absolute Gasteiger partial charge is 0.465 e. The second kappa shape index (κ2) is 8.35. The molecule has 0 unspecified atom stereocenters. The van der Waals surface area contributed by atoms with Gasteiger partial charge in [0.15, 0.2) is 0 Å². The van der Waals surface area contributed by atoms with Crippen molar-refractivity contribution in [3.8, 4) is 0 Å². The highest BCUT2D eigenvalue weighted by Gasteiger charge is 2.29.